The Bertz CT molecular complexity index is 1100. The fourth-order valence-electron chi connectivity index (χ4n) is 3.84. The molecule has 1 aromatic carbocycles. The van der Waals surface area contributed by atoms with Crippen LogP contribution in [-0.2, 0) is 19.5 Å². The van der Waals surface area contributed by atoms with Gasteiger partial charge in [-0.25, -0.2) is 9.97 Å². The fraction of sp³-hybridized carbons (Fsp3) is 0.333. The molecule has 5 rings (SSSR count). The maximum atomic E-state index is 4.59. The van der Waals surface area contributed by atoms with Crippen molar-refractivity contribution < 1.29 is 0 Å². The molecule has 0 amide bonds. The zero-order chi connectivity index (χ0) is 18.9. The fourth-order valence-corrected chi connectivity index (χ4v) is 4.84. The van der Waals surface area contributed by atoms with E-state index < -0.39 is 0 Å². The molecule has 0 N–H and O–H groups in total. The number of nitrogens with zero attached hydrogens (tertiary/aromatic N) is 6. The van der Waals surface area contributed by atoms with E-state index in [9.17, 15) is 0 Å². The molecular formula is C21H22N6S. The van der Waals surface area contributed by atoms with Crippen molar-refractivity contribution in [3.63, 3.8) is 0 Å². The van der Waals surface area contributed by atoms with E-state index >= 15 is 0 Å². The third kappa shape index (κ3) is 3.16. The van der Waals surface area contributed by atoms with Crippen molar-refractivity contribution in [2.75, 3.05) is 11.9 Å². The first kappa shape index (κ1) is 17.3. The lowest BCUT2D eigenvalue weighted by molar-refractivity contribution is 0.601. The number of aromatic nitrogens is 5. The number of anilines is 1. The van der Waals surface area contributed by atoms with Gasteiger partial charge < -0.3 is 9.47 Å². The van der Waals surface area contributed by atoms with Gasteiger partial charge in [-0.05, 0) is 24.5 Å². The second-order valence-corrected chi connectivity index (χ2v) is 8.27. The Hall–Kier alpha value is -2.80. The van der Waals surface area contributed by atoms with E-state index in [1.54, 1.807) is 17.7 Å². The normalized spacial score (nSPS) is 14.0. The van der Waals surface area contributed by atoms with Gasteiger partial charge in [0, 0.05) is 24.9 Å². The molecule has 0 radical (unpaired) electrons. The summed E-state index contributed by atoms with van der Waals surface area (Å²) in [7, 11) is 2.07. The first-order valence-corrected chi connectivity index (χ1v) is 10.5. The lowest BCUT2D eigenvalue weighted by atomic mass is 10.2. The average molecular weight is 391 g/mol. The second kappa shape index (κ2) is 7.31. The van der Waals surface area contributed by atoms with Gasteiger partial charge in [0.2, 0.25) is 0 Å². The van der Waals surface area contributed by atoms with Gasteiger partial charge in [0.25, 0.3) is 0 Å². The summed E-state index contributed by atoms with van der Waals surface area (Å²) >= 11 is 1.70. The third-order valence-corrected chi connectivity index (χ3v) is 6.39. The highest BCUT2D eigenvalue weighted by molar-refractivity contribution is 7.21. The zero-order valence-corrected chi connectivity index (χ0v) is 16.7. The lowest BCUT2D eigenvalue weighted by Gasteiger charge is -2.18. The second-order valence-electron chi connectivity index (χ2n) is 7.24. The summed E-state index contributed by atoms with van der Waals surface area (Å²) in [6.45, 7) is 1.71. The van der Waals surface area contributed by atoms with Crippen molar-refractivity contribution in [2.45, 2.75) is 38.8 Å². The van der Waals surface area contributed by atoms with Crippen LogP contribution in [0.25, 0.3) is 20.7 Å². The van der Waals surface area contributed by atoms with Gasteiger partial charge in [-0.15, -0.1) is 21.5 Å². The topological polar surface area (TPSA) is 59.7 Å². The van der Waals surface area contributed by atoms with Gasteiger partial charge in [0.1, 0.15) is 22.8 Å². The predicted molar refractivity (Wildman–Crippen MR) is 113 cm³/mol. The summed E-state index contributed by atoms with van der Waals surface area (Å²) in [4.78, 5) is 13.5. The number of hydrogen-bond donors (Lipinski definition) is 0. The van der Waals surface area contributed by atoms with Crippen LogP contribution >= 0.6 is 11.3 Å². The Morgan fingerprint density at radius 2 is 1.96 bits per heavy atom. The first-order valence-electron chi connectivity index (χ1n) is 9.71. The molecule has 0 saturated carbocycles. The molecule has 0 saturated heterocycles. The van der Waals surface area contributed by atoms with Crippen molar-refractivity contribution in [1.82, 2.24) is 24.7 Å². The lowest BCUT2D eigenvalue weighted by Crippen LogP contribution is -2.21. The molecule has 6 nitrogen and oxygen atoms in total. The summed E-state index contributed by atoms with van der Waals surface area (Å²) in [6.07, 6.45) is 6.35. The molecule has 28 heavy (non-hydrogen) atoms. The zero-order valence-electron chi connectivity index (χ0n) is 15.9. The maximum Gasteiger partial charge on any atom is 0.152 e. The van der Waals surface area contributed by atoms with Crippen molar-refractivity contribution in [3.8, 4) is 10.4 Å². The molecule has 142 valence electrons. The van der Waals surface area contributed by atoms with Gasteiger partial charge in [-0.2, -0.15) is 0 Å². The van der Waals surface area contributed by atoms with Crippen LogP contribution in [-0.4, -0.2) is 31.8 Å². The molecule has 0 aliphatic carbocycles. The minimum atomic E-state index is 0.690. The molecule has 0 fully saturated rings. The smallest absolute Gasteiger partial charge is 0.152 e. The molecular weight excluding hydrogens is 368 g/mol. The van der Waals surface area contributed by atoms with Crippen molar-refractivity contribution >= 4 is 27.4 Å². The summed E-state index contributed by atoms with van der Waals surface area (Å²) in [5.41, 5.74) is 1.21. The third-order valence-electron chi connectivity index (χ3n) is 5.29. The van der Waals surface area contributed by atoms with Crippen LogP contribution in [0.1, 0.15) is 30.9 Å². The molecule has 1 aliphatic heterocycles. The van der Waals surface area contributed by atoms with E-state index in [-0.39, 0.29) is 0 Å². The monoisotopic (exact) mass is 390 g/mol. The molecule has 4 aromatic rings. The summed E-state index contributed by atoms with van der Waals surface area (Å²) in [5, 5.41) is 9.98. The molecule has 4 heterocycles. The van der Waals surface area contributed by atoms with E-state index in [0.717, 1.165) is 40.6 Å². The summed E-state index contributed by atoms with van der Waals surface area (Å²) < 4.78 is 2.30. The van der Waals surface area contributed by atoms with Crippen molar-refractivity contribution in [2.24, 2.45) is 0 Å². The SMILES string of the molecule is CN(Cc1nnc2n1CCCCC2)c1ncnc2sc(-c3ccccc3)cc12. The molecule has 0 spiro atoms. The van der Waals surface area contributed by atoms with E-state index in [1.165, 1.54) is 29.7 Å². The van der Waals surface area contributed by atoms with E-state index in [1.807, 2.05) is 6.07 Å². The Morgan fingerprint density at radius 1 is 1.07 bits per heavy atom. The largest absolute Gasteiger partial charge is 0.351 e. The van der Waals surface area contributed by atoms with Crippen molar-refractivity contribution in [1.29, 1.82) is 0 Å². The standard InChI is InChI=1S/C21H22N6S/c1-26(13-19-25-24-18-10-6-3-7-11-27(18)19)20-16-12-17(15-8-4-2-5-9-15)28-21(16)23-14-22-20/h2,4-5,8-9,12,14H,3,6-7,10-11,13H2,1H3. The van der Waals surface area contributed by atoms with Gasteiger partial charge in [-0.1, -0.05) is 36.8 Å². The van der Waals surface area contributed by atoms with Gasteiger partial charge in [0.15, 0.2) is 5.82 Å². The number of thiophene rings is 1. The van der Waals surface area contributed by atoms with Crippen LogP contribution in [0.4, 0.5) is 5.82 Å². The molecule has 0 bridgehead atoms. The minimum absolute atomic E-state index is 0.690. The minimum Gasteiger partial charge on any atom is -0.351 e. The molecule has 0 unspecified atom stereocenters. The van der Waals surface area contributed by atoms with Gasteiger partial charge >= 0.3 is 0 Å². The number of rotatable bonds is 4. The average Bonchev–Trinajstić information content (AvgIpc) is 3.25. The van der Waals surface area contributed by atoms with E-state index in [2.05, 4.69) is 67.0 Å². The van der Waals surface area contributed by atoms with E-state index in [0.29, 0.717) is 6.54 Å². The van der Waals surface area contributed by atoms with Gasteiger partial charge in [0.05, 0.1) is 11.9 Å². The highest BCUT2D eigenvalue weighted by Gasteiger charge is 2.18. The van der Waals surface area contributed by atoms with Crippen LogP contribution < -0.4 is 4.90 Å². The molecule has 1 aliphatic rings. The first-order chi connectivity index (χ1) is 13.8. The van der Waals surface area contributed by atoms with Crippen LogP contribution in [0.2, 0.25) is 0 Å². The number of aryl methyl sites for hydroxylation is 1. The Balaban J connectivity index is 1.47. The maximum absolute atomic E-state index is 4.59. The predicted octanol–water partition coefficient (Wildman–Crippen LogP) is 4.31. The molecule has 3 aromatic heterocycles. The molecule has 0 atom stereocenters. The van der Waals surface area contributed by atoms with Crippen LogP contribution in [0, 0.1) is 0 Å². The number of fused-ring (bicyclic) bond motifs is 2. The highest BCUT2D eigenvalue weighted by atomic mass is 32.1. The van der Waals surface area contributed by atoms with Crippen molar-refractivity contribution in [3.05, 3.63) is 54.4 Å². The molecule has 7 heteroatoms. The van der Waals surface area contributed by atoms with Gasteiger partial charge in [-0.3, -0.25) is 0 Å². The van der Waals surface area contributed by atoms with Crippen LogP contribution in [0.15, 0.2) is 42.7 Å². The summed E-state index contributed by atoms with van der Waals surface area (Å²) in [5.74, 6) is 3.08. The van der Waals surface area contributed by atoms with Crippen LogP contribution in [0.5, 0.6) is 0 Å². The van der Waals surface area contributed by atoms with Crippen LogP contribution in [0.3, 0.4) is 0 Å². The Labute approximate surface area is 167 Å². The highest BCUT2D eigenvalue weighted by Crippen LogP contribution is 2.36. The van der Waals surface area contributed by atoms with E-state index in [4.69, 9.17) is 0 Å². The Kier molecular flexibility index (Phi) is 4.52. The quantitative estimate of drug-likeness (QED) is 0.520. The number of benzene rings is 1. The number of hydrogen-bond acceptors (Lipinski definition) is 6. The summed E-state index contributed by atoms with van der Waals surface area (Å²) in [6, 6.07) is 12.6. The Morgan fingerprint density at radius 3 is 2.86 bits per heavy atom.